The molecule has 200 valence electrons. The third-order valence-electron chi connectivity index (χ3n) is 7.44. The third-order valence-corrected chi connectivity index (χ3v) is 8.03. The minimum atomic E-state index is -0.664. The lowest BCUT2D eigenvalue weighted by molar-refractivity contribution is -0.136. The number of hydrogen-bond donors (Lipinski definition) is 1. The van der Waals surface area contributed by atoms with E-state index in [-0.39, 0.29) is 5.78 Å². The second kappa shape index (κ2) is 10.3. The minimum absolute atomic E-state index is 0.122. The van der Waals surface area contributed by atoms with Gasteiger partial charge in [-0.05, 0) is 63.0 Å². The molecule has 0 aromatic heterocycles. The topological polar surface area (TPSA) is 73.9 Å². The number of halogens is 1. The predicted molar refractivity (Wildman–Crippen MR) is 157 cm³/mol. The summed E-state index contributed by atoms with van der Waals surface area (Å²) in [5.41, 5.74) is 5.37. The molecule has 2 aliphatic rings. The van der Waals surface area contributed by atoms with Gasteiger partial charge in [-0.15, -0.1) is 0 Å². The molecule has 1 aliphatic carbocycles. The molecule has 4 aromatic carbocycles. The van der Waals surface area contributed by atoms with Crippen LogP contribution in [0.4, 0.5) is 0 Å². The quantitative estimate of drug-likeness (QED) is 0.244. The fourth-order valence-corrected chi connectivity index (χ4v) is 6.15. The molecule has 1 aliphatic heterocycles. The van der Waals surface area contributed by atoms with Gasteiger partial charge in [0.2, 0.25) is 0 Å². The highest BCUT2D eigenvalue weighted by molar-refractivity contribution is 9.10. The Morgan fingerprint density at radius 3 is 2.40 bits per heavy atom. The maximum Gasteiger partial charge on any atom is 0.336 e. The van der Waals surface area contributed by atoms with Gasteiger partial charge in [0.15, 0.2) is 17.3 Å². The Morgan fingerprint density at radius 1 is 0.925 bits per heavy atom. The van der Waals surface area contributed by atoms with E-state index in [0.717, 1.165) is 16.5 Å². The van der Waals surface area contributed by atoms with E-state index < -0.39 is 11.9 Å². The van der Waals surface area contributed by atoms with E-state index in [2.05, 4.69) is 45.5 Å². The van der Waals surface area contributed by atoms with Crippen molar-refractivity contribution in [1.29, 1.82) is 0 Å². The first kappa shape index (κ1) is 25.9. The second-order valence-corrected chi connectivity index (χ2v) is 10.6. The number of nitrogens with one attached hydrogen (secondary N) is 1. The number of dihydropyridines is 1. The molecule has 0 saturated carbocycles. The van der Waals surface area contributed by atoms with Crippen molar-refractivity contribution in [2.24, 2.45) is 0 Å². The van der Waals surface area contributed by atoms with Gasteiger partial charge >= 0.3 is 5.97 Å². The lowest BCUT2D eigenvalue weighted by Gasteiger charge is -2.29. The van der Waals surface area contributed by atoms with Crippen LogP contribution in [0.1, 0.15) is 39.9 Å². The third kappa shape index (κ3) is 4.27. The van der Waals surface area contributed by atoms with Crippen LogP contribution >= 0.6 is 15.9 Å². The van der Waals surface area contributed by atoms with Crippen LogP contribution in [0.5, 0.6) is 11.5 Å². The maximum atomic E-state index is 13.7. The van der Waals surface area contributed by atoms with Gasteiger partial charge in [-0.1, -0.05) is 60.7 Å². The van der Waals surface area contributed by atoms with Gasteiger partial charge < -0.3 is 19.5 Å². The van der Waals surface area contributed by atoms with Crippen molar-refractivity contribution in [3.63, 3.8) is 0 Å². The monoisotopic (exact) mass is 595 g/mol. The summed E-state index contributed by atoms with van der Waals surface area (Å²) in [5.74, 6) is -0.274. The van der Waals surface area contributed by atoms with E-state index in [9.17, 15) is 9.59 Å². The Morgan fingerprint density at radius 2 is 1.65 bits per heavy atom. The van der Waals surface area contributed by atoms with Crippen molar-refractivity contribution in [2.75, 3.05) is 14.2 Å². The van der Waals surface area contributed by atoms with Crippen molar-refractivity contribution < 1.29 is 23.8 Å². The Hall–Kier alpha value is -4.36. The zero-order valence-electron chi connectivity index (χ0n) is 22.2. The number of methoxy groups -OCH3 is 2. The van der Waals surface area contributed by atoms with Crippen LogP contribution in [0.2, 0.25) is 0 Å². The Balaban J connectivity index is 1.41. The first-order chi connectivity index (χ1) is 19.4. The lowest BCUT2D eigenvalue weighted by Crippen LogP contribution is -2.29. The van der Waals surface area contributed by atoms with Gasteiger partial charge in [-0.3, -0.25) is 4.79 Å². The summed E-state index contributed by atoms with van der Waals surface area (Å²) in [6.45, 7) is 2.16. The van der Waals surface area contributed by atoms with E-state index in [1.54, 1.807) is 7.11 Å². The zero-order valence-corrected chi connectivity index (χ0v) is 23.8. The highest BCUT2D eigenvalue weighted by Crippen LogP contribution is 2.49. The van der Waals surface area contributed by atoms with Crippen molar-refractivity contribution in [3.05, 3.63) is 122 Å². The van der Waals surface area contributed by atoms with Crippen LogP contribution in [0, 0.1) is 0 Å². The fourth-order valence-electron chi connectivity index (χ4n) is 5.57. The number of fused-ring (bicyclic) bond motifs is 3. The average Bonchev–Trinajstić information content (AvgIpc) is 3.26. The summed E-state index contributed by atoms with van der Waals surface area (Å²) in [6.07, 6.45) is 0. The SMILES string of the molecule is COC(=O)C1=C(C)NC2=C(C(=O)c3ccccc32)[C@@H]1c1cc(Br)c(OCc2ccc3ccccc3c2)c(OC)c1. The summed E-state index contributed by atoms with van der Waals surface area (Å²) >= 11 is 3.67. The molecule has 1 heterocycles. The predicted octanol–water partition coefficient (Wildman–Crippen LogP) is 6.93. The number of esters is 1. The first-order valence-electron chi connectivity index (χ1n) is 12.8. The van der Waals surface area contributed by atoms with E-state index in [0.29, 0.717) is 56.2 Å². The average molecular weight is 596 g/mol. The highest BCUT2D eigenvalue weighted by Gasteiger charge is 2.43. The van der Waals surface area contributed by atoms with Gasteiger partial charge in [0.1, 0.15) is 6.61 Å². The van der Waals surface area contributed by atoms with Gasteiger partial charge in [0.05, 0.1) is 30.0 Å². The molecule has 0 saturated heterocycles. The first-order valence-corrected chi connectivity index (χ1v) is 13.6. The fraction of sp³-hybridized carbons (Fsp3) is 0.152. The van der Waals surface area contributed by atoms with E-state index in [1.165, 1.54) is 12.5 Å². The normalized spacial score (nSPS) is 16.0. The molecule has 0 spiro atoms. The van der Waals surface area contributed by atoms with E-state index in [4.69, 9.17) is 14.2 Å². The summed E-state index contributed by atoms with van der Waals surface area (Å²) in [6, 6.07) is 25.6. The van der Waals surface area contributed by atoms with Crippen molar-refractivity contribution in [2.45, 2.75) is 19.4 Å². The molecule has 0 amide bonds. The number of rotatable bonds is 6. The maximum absolute atomic E-state index is 13.7. The number of hydrogen-bond acceptors (Lipinski definition) is 6. The van der Waals surface area contributed by atoms with Crippen LogP contribution in [-0.2, 0) is 16.1 Å². The number of benzene rings is 4. The summed E-state index contributed by atoms with van der Waals surface area (Å²) in [7, 11) is 2.91. The molecule has 0 bridgehead atoms. The summed E-state index contributed by atoms with van der Waals surface area (Å²) in [5, 5.41) is 5.61. The molecular weight excluding hydrogens is 570 g/mol. The molecule has 0 radical (unpaired) electrons. The standard InChI is InChI=1S/C33H26BrNO5/c1-18-27(33(37)39-3)28(29-30(35-18)23-10-6-7-11-24(23)31(29)36)22-15-25(34)32(26(16-22)38-2)40-17-19-12-13-20-8-4-5-9-21(20)14-19/h4-16,28,35H,17H2,1-3H3/t28-/m1/s1. The summed E-state index contributed by atoms with van der Waals surface area (Å²) < 4.78 is 17.8. The van der Waals surface area contributed by atoms with Crippen LogP contribution in [-0.4, -0.2) is 26.0 Å². The second-order valence-electron chi connectivity index (χ2n) is 9.76. The number of ketones is 1. The molecule has 4 aromatic rings. The largest absolute Gasteiger partial charge is 0.493 e. The van der Waals surface area contributed by atoms with Crippen LogP contribution in [0.3, 0.4) is 0 Å². The molecule has 1 atom stereocenters. The molecule has 6 rings (SSSR count). The number of ether oxygens (including phenoxy) is 3. The molecule has 0 fully saturated rings. The zero-order chi connectivity index (χ0) is 28.0. The van der Waals surface area contributed by atoms with Gasteiger partial charge in [0.25, 0.3) is 0 Å². The Labute approximate surface area is 240 Å². The van der Waals surface area contributed by atoms with Crippen LogP contribution in [0.15, 0.2) is 100 Å². The number of allylic oxidation sites excluding steroid dienone is 2. The molecular formula is C33H26BrNO5. The molecule has 6 nitrogen and oxygen atoms in total. The Kier molecular flexibility index (Phi) is 6.68. The number of Topliss-reactive ketones (excluding diaryl/α,β-unsaturated/α-hetero) is 1. The van der Waals surface area contributed by atoms with Crippen molar-refractivity contribution >= 4 is 44.2 Å². The smallest absolute Gasteiger partial charge is 0.336 e. The molecule has 1 N–H and O–H groups in total. The van der Waals surface area contributed by atoms with Gasteiger partial charge in [-0.2, -0.15) is 0 Å². The highest BCUT2D eigenvalue weighted by atomic mass is 79.9. The van der Waals surface area contributed by atoms with Gasteiger partial charge in [0, 0.05) is 28.3 Å². The summed E-state index contributed by atoms with van der Waals surface area (Å²) in [4.78, 5) is 26.8. The van der Waals surface area contributed by atoms with E-state index in [1.807, 2.05) is 61.5 Å². The number of carbonyl (C=O) groups excluding carboxylic acids is 2. The Bertz CT molecular complexity index is 1770. The van der Waals surface area contributed by atoms with Crippen molar-refractivity contribution in [3.8, 4) is 11.5 Å². The lowest BCUT2D eigenvalue weighted by atomic mass is 9.79. The molecule has 40 heavy (non-hydrogen) atoms. The van der Waals surface area contributed by atoms with Gasteiger partial charge in [-0.25, -0.2) is 4.79 Å². The molecule has 7 heteroatoms. The van der Waals surface area contributed by atoms with Crippen LogP contribution < -0.4 is 14.8 Å². The minimum Gasteiger partial charge on any atom is -0.493 e. The number of carbonyl (C=O) groups is 2. The van der Waals surface area contributed by atoms with Crippen molar-refractivity contribution in [1.82, 2.24) is 5.32 Å². The van der Waals surface area contributed by atoms with E-state index >= 15 is 0 Å². The molecule has 0 unspecified atom stereocenters. The van der Waals surface area contributed by atoms with Crippen LogP contribution in [0.25, 0.3) is 16.5 Å².